The van der Waals surface area contributed by atoms with Crippen molar-refractivity contribution in [2.75, 3.05) is 19.5 Å². The number of hydrogen-bond acceptors (Lipinski definition) is 5. The zero-order chi connectivity index (χ0) is 19.2. The first-order valence-electron chi connectivity index (χ1n) is 8.06. The normalized spacial score (nSPS) is 10.3. The Balaban J connectivity index is 1.65. The zero-order valence-electron chi connectivity index (χ0n) is 14.8. The molecule has 3 aromatic rings. The zero-order valence-corrected chi connectivity index (χ0v) is 16.4. The Bertz CT molecular complexity index is 928. The molecule has 2 amide bonds. The minimum Gasteiger partial charge on any atom is -0.497 e. The largest absolute Gasteiger partial charge is 0.497 e. The van der Waals surface area contributed by atoms with E-state index in [1.807, 2.05) is 35.7 Å². The molecule has 0 saturated heterocycles. The summed E-state index contributed by atoms with van der Waals surface area (Å²) in [5.74, 6) is 1.38. The van der Waals surface area contributed by atoms with Crippen LogP contribution < -0.4 is 20.1 Å². The monoisotopic (exact) mass is 403 g/mol. The van der Waals surface area contributed by atoms with E-state index in [9.17, 15) is 4.79 Å². The number of nitrogens with zero attached hydrogens (tertiary/aromatic N) is 1. The number of halogens is 1. The summed E-state index contributed by atoms with van der Waals surface area (Å²) in [7, 11) is 3.20. The van der Waals surface area contributed by atoms with E-state index in [1.165, 1.54) is 11.3 Å². The Kier molecular flexibility index (Phi) is 6.16. The van der Waals surface area contributed by atoms with Crippen molar-refractivity contribution in [3.63, 3.8) is 0 Å². The number of thiazole rings is 1. The molecule has 27 heavy (non-hydrogen) atoms. The van der Waals surface area contributed by atoms with Crippen molar-refractivity contribution in [1.29, 1.82) is 0 Å². The van der Waals surface area contributed by atoms with Gasteiger partial charge >= 0.3 is 6.03 Å². The molecule has 0 atom stereocenters. The number of aromatic nitrogens is 1. The summed E-state index contributed by atoms with van der Waals surface area (Å²) in [5.41, 5.74) is 2.45. The number of amides is 2. The highest BCUT2D eigenvalue weighted by molar-refractivity contribution is 7.14. The number of carbonyl (C=O) groups excluding carboxylic acids is 1. The van der Waals surface area contributed by atoms with Gasteiger partial charge in [-0.2, -0.15) is 0 Å². The number of urea groups is 1. The van der Waals surface area contributed by atoms with Crippen LogP contribution in [0.3, 0.4) is 0 Å². The average molecular weight is 404 g/mol. The molecule has 0 aliphatic heterocycles. The minimum atomic E-state index is -0.330. The second-order valence-corrected chi connectivity index (χ2v) is 6.83. The van der Waals surface area contributed by atoms with Crippen LogP contribution in [0.2, 0.25) is 5.02 Å². The lowest BCUT2D eigenvalue weighted by atomic mass is 10.1. The topological polar surface area (TPSA) is 72.5 Å². The molecule has 0 saturated carbocycles. The molecule has 2 aromatic carbocycles. The molecule has 3 rings (SSSR count). The molecule has 0 spiro atoms. The van der Waals surface area contributed by atoms with E-state index in [0.29, 0.717) is 33.9 Å². The number of nitrogens with one attached hydrogen (secondary N) is 2. The summed E-state index contributed by atoms with van der Waals surface area (Å²) < 4.78 is 10.6. The van der Waals surface area contributed by atoms with Gasteiger partial charge in [0.25, 0.3) is 0 Å². The fraction of sp³-hybridized carbons (Fsp3) is 0.158. The highest BCUT2D eigenvalue weighted by Crippen LogP contribution is 2.34. The molecule has 0 radical (unpaired) electrons. The maximum atomic E-state index is 12.1. The molecule has 2 N–H and O–H groups in total. The maximum Gasteiger partial charge on any atom is 0.321 e. The van der Waals surface area contributed by atoms with Gasteiger partial charge in [-0.15, -0.1) is 11.3 Å². The van der Waals surface area contributed by atoms with Gasteiger partial charge in [0.2, 0.25) is 0 Å². The highest BCUT2D eigenvalue weighted by atomic mass is 35.5. The Morgan fingerprint density at radius 1 is 1.15 bits per heavy atom. The van der Waals surface area contributed by atoms with E-state index in [4.69, 9.17) is 21.1 Å². The number of ether oxygens (including phenoxy) is 2. The predicted octanol–water partition coefficient (Wildman–Crippen LogP) is 4.80. The summed E-state index contributed by atoms with van der Waals surface area (Å²) in [4.78, 5) is 16.6. The van der Waals surface area contributed by atoms with Crippen LogP contribution in [0.1, 0.15) is 5.56 Å². The van der Waals surface area contributed by atoms with Gasteiger partial charge in [0.1, 0.15) is 11.5 Å². The van der Waals surface area contributed by atoms with Crippen molar-refractivity contribution in [2.45, 2.75) is 6.54 Å². The Morgan fingerprint density at radius 3 is 2.63 bits per heavy atom. The van der Waals surface area contributed by atoms with Crippen LogP contribution >= 0.6 is 22.9 Å². The van der Waals surface area contributed by atoms with E-state index in [0.717, 1.165) is 11.1 Å². The van der Waals surface area contributed by atoms with Crippen LogP contribution in [-0.4, -0.2) is 25.2 Å². The van der Waals surface area contributed by atoms with Gasteiger partial charge in [-0.05, 0) is 35.9 Å². The third-order valence-electron chi connectivity index (χ3n) is 3.77. The van der Waals surface area contributed by atoms with Gasteiger partial charge < -0.3 is 14.8 Å². The summed E-state index contributed by atoms with van der Waals surface area (Å²) in [6.07, 6.45) is 0. The molecule has 140 valence electrons. The average Bonchev–Trinajstić information content (AvgIpc) is 3.15. The molecular weight excluding hydrogens is 386 g/mol. The SMILES string of the molecule is COc1ccc(OC)c(-c2csc(NC(=O)NCc3ccc(Cl)cc3)n2)c1. The molecule has 0 aliphatic rings. The molecule has 6 nitrogen and oxygen atoms in total. The van der Waals surface area contributed by atoms with Crippen molar-refractivity contribution >= 4 is 34.1 Å². The molecule has 0 bridgehead atoms. The number of carbonyl (C=O) groups is 1. The highest BCUT2D eigenvalue weighted by Gasteiger charge is 2.13. The van der Waals surface area contributed by atoms with Crippen LogP contribution in [0.4, 0.5) is 9.93 Å². The quantitative estimate of drug-likeness (QED) is 0.620. The van der Waals surface area contributed by atoms with Gasteiger partial charge in [0.05, 0.1) is 19.9 Å². The van der Waals surface area contributed by atoms with Crippen LogP contribution in [0.25, 0.3) is 11.3 Å². The van der Waals surface area contributed by atoms with Crippen LogP contribution in [0.5, 0.6) is 11.5 Å². The first-order chi connectivity index (χ1) is 13.1. The van der Waals surface area contributed by atoms with Crippen LogP contribution in [-0.2, 0) is 6.54 Å². The van der Waals surface area contributed by atoms with Gasteiger partial charge in [0.15, 0.2) is 5.13 Å². The summed E-state index contributed by atoms with van der Waals surface area (Å²) >= 11 is 7.18. The van der Waals surface area contributed by atoms with E-state index in [-0.39, 0.29) is 6.03 Å². The van der Waals surface area contributed by atoms with Crippen molar-refractivity contribution in [3.05, 3.63) is 58.4 Å². The smallest absolute Gasteiger partial charge is 0.321 e. The third kappa shape index (κ3) is 4.90. The third-order valence-corrected chi connectivity index (χ3v) is 4.78. The first kappa shape index (κ1) is 19.0. The van der Waals surface area contributed by atoms with Crippen molar-refractivity contribution in [3.8, 4) is 22.8 Å². The molecule has 1 heterocycles. The lowest BCUT2D eigenvalue weighted by molar-refractivity contribution is 0.251. The van der Waals surface area contributed by atoms with Gasteiger partial charge in [-0.25, -0.2) is 9.78 Å². The fourth-order valence-corrected chi connectivity index (χ4v) is 3.23. The van der Waals surface area contributed by atoms with E-state index >= 15 is 0 Å². The molecular formula is C19H18ClN3O3S. The summed E-state index contributed by atoms with van der Waals surface area (Å²) in [6.45, 7) is 0.394. The Hall–Kier alpha value is -2.77. The lowest BCUT2D eigenvalue weighted by Crippen LogP contribution is -2.28. The molecule has 0 aliphatic carbocycles. The number of anilines is 1. The van der Waals surface area contributed by atoms with Crippen molar-refractivity contribution in [2.24, 2.45) is 0 Å². The van der Waals surface area contributed by atoms with E-state index < -0.39 is 0 Å². The minimum absolute atomic E-state index is 0.330. The van der Waals surface area contributed by atoms with E-state index in [1.54, 1.807) is 26.4 Å². The number of methoxy groups -OCH3 is 2. The lowest BCUT2D eigenvalue weighted by Gasteiger charge is -2.08. The van der Waals surface area contributed by atoms with Crippen LogP contribution in [0, 0.1) is 0 Å². The van der Waals surface area contributed by atoms with Gasteiger partial charge in [-0.3, -0.25) is 5.32 Å². The first-order valence-corrected chi connectivity index (χ1v) is 9.32. The number of benzene rings is 2. The van der Waals surface area contributed by atoms with Crippen LogP contribution in [0.15, 0.2) is 47.8 Å². The molecule has 8 heteroatoms. The van der Waals surface area contributed by atoms with Crippen molar-refractivity contribution in [1.82, 2.24) is 10.3 Å². The standard InChI is InChI=1S/C19H18ClN3O3S/c1-25-14-7-8-17(26-2)15(9-14)16-11-27-19(22-16)23-18(24)21-10-12-3-5-13(20)6-4-12/h3-9,11H,10H2,1-2H3,(H2,21,22,23,24). The Morgan fingerprint density at radius 2 is 1.93 bits per heavy atom. The maximum absolute atomic E-state index is 12.1. The predicted molar refractivity (Wildman–Crippen MR) is 108 cm³/mol. The molecule has 0 fully saturated rings. The molecule has 1 aromatic heterocycles. The van der Waals surface area contributed by atoms with Gasteiger partial charge in [-0.1, -0.05) is 23.7 Å². The second-order valence-electron chi connectivity index (χ2n) is 5.54. The summed E-state index contributed by atoms with van der Waals surface area (Å²) in [5, 5.41) is 8.53. The second kappa shape index (κ2) is 8.75. The summed E-state index contributed by atoms with van der Waals surface area (Å²) in [6, 6.07) is 12.4. The molecule has 0 unspecified atom stereocenters. The van der Waals surface area contributed by atoms with Crippen molar-refractivity contribution < 1.29 is 14.3 Å². The fourth-order valence-electron chi connectivity index (χ4n) is 2.40. The number of hydrogen-bond donors (Lipinski definition) is 2. The van der Waals surface area contributed by atoms with Gasteiger partial charge in [0, 0.05) is 22.5 Å². The number of rotatable bonds is 6. The van der Waals surface area contributed by atoms with E-state index in [2.05, 4.69) is 15.6 Å². The Labute approximate surface area is 166 Å².